The van der Waals surface area contributed by atoms with Crippen molar-refractivity contribution < 1.29 is 63.6 Å². The molecule has 0 saturated carbocycles. The summed E-state index contributed by atoms with van der Waals surface area (Å²) < 4.78 is 0. The minimum Gasteiger partial charge on any atom is -0.481 e. The number of carboxylic acid groups (broad SMARTS) is 3. The molecule has 0 unspecified atom stereocenters. The number of aliphatic hydroxyl groups excluding tert-OH is 1. The van der Waals surface area contributed by atoms with Crippen LogP contribution in [-0.4, -0.2) is 122 Å². The van der Waals surface area contributed by atoms with E-state index in [1.54, 1.807) is 74.5 Å². The first-order valence-corrected chi connectivity index (χ1v) is 18.7. The Labute approximate surface area is 340 Å². The number of nitrogens with two attached hydrogens (primary N) is 1. The molecule has 0 spiro atoms. The molecular formula is C39H53N7O13. The molecular weight excluding hydrogens is 774 g/mol. The molecule has 0 fully saturated rings. The number of hydrogen-bond acceptors (Lipinski definition) is 11. The highest BCUT2D eigenvalue weighted by molar-refractivity contribution is 5.98. The quantitative estimate of drug-likeness (QED) is 0.0556. The van der Waals surface area contributed by atoms with E-state index < -0.39 is 115 Å². The van der Waals surface area contributed by atoms with Gasteiger partial charge in [0.05, 0.1) is 25.0 Å². The van der Waals surface area contributed by atoms with Crippen molar-refractivity contribution in [2.24, 2.45) is 11.7 Å². The first-order chi connectivity index (χ1) is 27.7. The van der Waals surface area contributed by atoms with Gasteiger partial charge in [0.25, 0.3) is 0 Å². The maximum absolute atomic E-state index is 13.5. The van der Waals surface area contributed by atoms with Gasteiger partial charge in [0, 0.05) is 6.42 Å². The second kappa shape index (κ2) is 23.7. The van der Waals surface area contributed by atoms with Crippen molar-refractivity contribution in [3.05, 3.63) is 71.8 Å². The van der Waals surface area contributed by atoms with Crippen LogP contribution in [0.15, 0.2) is 60.7 Å². The zero-order chi connectivity index (χ0) is 44.4. The summed E-state index contributed by atoms with van der Waals surface area (Å²) in [6.07, 6.45) is -3.53. The van der Waals surface area contributed by atoms with Crippen LogP contribution in [0.1, 0.15) is 58.1 Å². The van der Waals surface area contributed by atoms with Crippen LogP contribution < -0.4 is 37.6 Å². The lowest BCUT2D eigenvalue weighted by atomic mass is 10.0. The molecule has 0 saturated heterocycles. The van der Waals surface area contributed by atoms with E-state index in [1.807, 2.05) is 0 Å². The number of amides is 6. The largest absolute Gasteiger partial charge is 0.481 e. The van der Waals surface area contributed by atoms with Crippen molar-refractivity contribution in [2.45, 2.75) is 108 Å². The fourth-order valence-electron chi connectivity index (χ4n) is 5.63. The van der Waals surface area contributed by atoms with E-state index in [2.05, 4.69) is 31.9 Å². The standard InChI is InChI=1S/C39H53N7O13/c1-20(2)15-26(44-38(57)32(22(4)47)46-34(53)25(40)16-23-11-7-5-8-12-23)36(55)43-27(18-30(48)49)35(54)41-21(3)33(52)42-28(19-31(50)51)37(56)45-29(39(58)59)17-24-13-9-6-10-14-24/h5-14,20-22,25-29,32,47H,15-19,40H2,1-4H3,(H,41,54)(H,42,52)(H,43,55)(H,44,57)(H,45,56)(H,46,53)(H,48,49)(H,50,51)(H,58,59)/t21-,22+,25-,26-,27-,28-,29-,32-/m0/s1. The summed E-state index contributed by atoms with van der Waals surface area (Å²) in [5.74, 6) is -11.0. The maximum atomic E-state index is 13.5. The Morgan fingerprint density at radius 2 is 0.949 bits per heavy atom. The molecule has 0 bridgehead atoms. The molecule has 12 N–H and O–H groups in total. The molecule has 0 aliphatic rings. The number of aliphatic hydroxyl groups is 1. The van der Waals surface area contributed by atoms with Crippen LogP contribution in [-0.2, 0) is 56.0 Å². The van der Waals surface area contributed by atoms with Crippen molar-refractivity contribution in [1.29, 1.82) is 0 Å². The van der Waals surface area contributed by atoms with Crippen molar-refractivity contribution in [2.75, 3.05) is 0 Å². The molecule has 2 aromatic carbocycles. The number of carbonyl (C=O) groups is 9. The van der Waals surface area contributed by atoms with Crippen molar-refractivity contribution in [1.82, 2.24) is 31.9 Å². The second-order valence-corrected chi connectivity index (χ2v) is 14.4. The van der Waals surface area contributed by atoms with Crippen LogP contribution in [0.25, 0.3) is 0 Å². The molecule has 0 aliphatic carbocycles. The highest BCUT2D eigenvalue weighted by Crippen LogP contribution is 2.10. The summed E-state index contributed by atoms with van der Waals surface area (Å²) in [5, 5.41) is 52.6. The normalized spacial score (nSPS) is 15.0. The molecule has 8 atom stereocenters. The molecule has 59 heavy (non-hydrogen) atoms. The molecule has 2 aromatic rings. The van der Waals surface area contributed by atoms with E-state index in [0.717, 1.165) is 12.5 Å². The van der Waals surface area contributed by atoms with E-state index in [9.17, 15) is 63.6 Å². The zero-order valence-electron chi connectivity index (χ0n) is 33.0. The number of carbonyl (C=O) groups excluding carboxylic acids is 6. The Bertz CT molecular complexity index is 1790. The summed E-state index contributed by atoms with van der Waals surface area (Å²) in [4.78, 5) is 114. The lowest BCUT2D eigenvalue weighted by Gasteiger charge is -2.28. The number of hydrogen-bond donors (Lipinski definition) is 11. The van der Waals surface area contributed by atoms with E-state index in [0.29, 0.717) is 5.56 Å². The van der Waals surface area contributed by atoms with Gasteiger partial charge in [-0.2, -0.15) is 0 Å². The number of aliphatic carboxylic acids is 3. The number of nitrogens with one attached hydrogen (secondary N) is 6. The van der Waals surface area contributed by atoms with Gasteiger partial charge in [-0.25, -0.2) is 4.79 Å². The van der Waals surface area contributed by atoms with Crippen molar-refractivity contribution in [3.8, 4) is 0 Å². The van der Waals surface area contributed by atoms with Crippen LogP contribution in [0.5, 0.6) is 0 Å². The minimum atomic E-state index is -1.84. The summed E-state index contributed by atoms with van der Waals surface area (Å²) >= 11 is 0. The zero-order valence-corrected chi connectivity index (χ0v) is 33.0. The molecule has 0 aromatic heterocycles. The van der Waals surface area contributed by atoms with E-state index in [1.165, 1.54) is 6.92 Å². The van der Waals surface area contributed by atoms with Gasteiger partial charge >= 0.3 is 17.9 Å². The van der Waals surface area contributed by atoms with Gasteiger partial charge in [-0.05, 0) is 43.7 Å². The smallest absolute Gasteiger partial charge is 0.326 e. The molecule has 322 valence electrons. The van der Waals surface area contributed by atoms with Crippen LogP contribution in [0.3, 0.4) is 0 Å². The third kappa shape index (κ3) is 17.3. The Hall–Kier alpha value is -6.41. The van der Waals surface area contributed by atoms with E-state index >= 15 is 0 Å². The Morgan fingerprint density at radius 1 is 0.525 bits per heavy atom. The van der Waals surface area contributed by atoms with Gasteiger partial charge in [-0.15, -0.1) is 0 Å². The maximum Gasteiger partial charge on any atom is 0.326 e. The Morgan fingerprint density at radius 3 is 1.41 bits per heavy atom. The molecule has 20 heteroatoms. The van der Waals surface area contributed by atoms with Crippen LogP contribution in [0.2, 0.25) is 0 Å². The average Bonchev–Trinajstić information content (AvgIpc) is 3.15. The lowest BCUT2D eigenvalue weighted by molar-refractivity contribution is -0.143. The summed E-state index contributed by atoms with van der Waals surface area (Å²) in [6, 6.07) is 6.22. The van der Waals surface area contributed by atoms with Crippen molar-refractivity contribution in [3.63, 3.8) is 0 Å². The highest BCUT2D eigenvalue weighted by atomic mass is 16.4. The Kier molecular flexibility index (Phi) is 19.6. The van der Waals surface area contributed by atoms with Gasteiger partial charge in [0.1, 0.15) is 36.3 Å². The van der Waals surface area contributed by atoms with Gasteiger partial charge in [-0.3, -0.25) is 38.4 Å². The first-order valence-electron chi connectivity index (χ1n) is 18.7. The summed E-state index contributed by atoms with van der Waals surface area (Å²) in [5.41, 5.74) is 7.32. The van der Waals surface area contributed by atoms with Crippen LogP contribution in [0, 0.1) is 5.92 Å². The molecule has 0 heterocycles. The lowest BCUT2D eigenvalue weighted by Crippen LogP contribution is -2.61. The Balaban J connectivity index is 2.17. The minimum absolute atomic E-state index is 0.0487. The van der Waals surface area contributed by atoms with Gasteiger partial charge in [0.2, 0.25) is 35.4 Å². The molecule has 6 amide bonds. The van der Waals surface area contributed by atoms with Crippen LogP contribution in [0.4, 0.5) is 0 Å². The third-order valence-corrected chi connectivity index (χ3v) is 8.71. The average molecular weight is 828 g/mol. The second-order valence-electron chi connectivity index (χ2n) is 14.4. The monoisotopic (exact) mass is 827 g/mol. The third-order valence-electron chi connectivity index (χ3n) is 8.71. The highest BCUT2D eigenvalue weighted by Gasteiger charge is 2.35. The van der Waals surface area contributed by atoms with E-state index in [-0.39, 0.29) is 25.2 Å². The topological polar surface area (TPSA) is 333 Å². The predicted octanol–water partition coefficient (Wildman–Crippen LogP) is -1.81. The SMILES string of the molecule is CC(C)C[C@H](NC(=O)[C@@H](NC(=O)[C@@H](N)Cc1ccccc1)[C@@H](C)O)C(=O)N[C@@H](CC(=O)O)C(=O)N[C@@H](C)C(=O)N[C@@H](CC(=O)O)C(=O)N[C@@H](Cc1ccccc1)C(=O)O. The van der Waals surface area contributed by atoms with E-state index in [4.69, 9.17) is 5.73 Å². The molecule has 0 radical (unpaired) electrons. The van der Waals surface area contributed by atoms with Gasteiger partial charge < -0.3 is 58.1 Å². The van der Waals surface area contributed by atoms with Gasteiger partial charge in [0.15, 0.2) is 0 Å². The van der Waals surface area contributed by atoms with Crippen molar-refractivity contribution >= 4 is 53.4 Å². The molecule has 2 rings (SSSR count). The molecule has 0 aliphatic heterocycles. The number of rotatable bonds is 24. The molecule has 20 nitrogen and oxygen atoms in total. The first kappa shape index (κ1) is 48.7. The fourth-order valence-corrected chi connectivity index (χ4v) is 5.63. The predicted molar refractivity (Wildman–Crippen MR) is 209 cm³/mol. The van der Waals surface area contributed by atoms with Gasteiger partial charge in [-0.1, -0.05) is 74.5 Å². The fraction of sp³-hybridized carbons (Fsp3) is 0.462. The summed E-state index contributed by atoms with van der Waals surface area (Å²) in [7, 11) is 0. The number of benzene rings is 2. The van der Waals surface area contributed by atoms with Crippen LogP contribution >= 0.6 is 0 Å². The number of carboxylic acids is 3. The summed E-state index contributed by atoms with van der Waals surface area (Å²) in [6.45, 7) is 5.75.